The predicted molar refractivity (Wildman–Crippen MR) is 35.0 cm³/mol. The molecule has 3 heteroatoms. The van der Waals surface area contributed by atoms with Crippen LogP contribution in [0.1, 0.15) is 12.8 Å². The number of hydrogen-bond donors (Lipinski definition) is 2. The van der Waals surface area contributed by atoms with E-state index in [1.807, 2.05) is 0 Å². The summed E-state index contributed by atoms with van der Waals surface area (Å²) in [6.07, 6.45) is 1.60. The van der Waals surface area contributed by atoms with Crippen molar-refractivity contribution in [3.05, 3.63) is 0 Å². The summed E-state index contributed by atoms with van der Waals surface area (Å²) in [5, 5.41) is 3.02. The summed E-state index contributed by atoms with van der Waals surface area (Å²) in [5.41, 5.74) is 0. The maximum absolute atomic E-state index is 10.5. The number of carbonyl (C=O) groups is 1. The third-order valence-corrected chi connectivity index (χ3v) is 1.66. The molecule has 1 N–H and O–H groups in total. The van der Waals surface area contributed by atoms with E-state index in [9.17, 15) is 4.79 Å². The average Bonchev–Trinajstić information content (AvgIpc) is 1.64. The minimum Gasteiger partial charge on any atom is -0.356 e. The molecule has 1 rings (SSSR count). The number of amides is 1. The zero-order valence-electron chi connectivity index (χ0n) is 4.55. The monoisotopic (exact) mass is 131 g/mol. The molecule has 2 nitrogen and oxygen atoms in total. The van der Waals surface area contributed by atoms with Crippen LogP contribution in [-0.4, -0.2) is 17.7 Å². The largest absolute Gasteiger partial charge is 0.356 e. The van der Waals surface area contributed by atoms with E-state index in [0.29, 0.717) is 11.7 Å². The van der Waals surface area contributed by atoms with Gasteiger partial charge in [0.05, 0.1) is 0 Å². The summed E-state index contributed by atoms with van der Waals surface area (Å²) in [5.74, 6) is 0.135. The van der Waals surface area contributed by atoms with Crippen LogP contribution < -0.4 is 5.32 Å². The molecule has 0 aromatic heterocycles. The minimum absolute atomic E-state index is 0.135. The van der Waals surface area contributed by atoms with E-state index in [1.54, 1.807) is 0 Å². The first kappa shape index (κ1) is 5.95. The van der Waals surface area contributed by atoms with Crippen molar-refractivity contribution in [2.75, 3.05) is 6.54 Å². The first-order chi connectivity index (χ1) is 3.79. The molecule has 0 radical (unpaired) electrons. The van der Waals surface area contributed by atoms with Crippen molar-refractivity contribution in [3.63, 3.8) is 0 Å². The molecule has 0 aromatic carbocycles. The second kappa shape index (κ2) is 2.40. The van der Waals surface area contributed by atoms with Gasteiger partial charge in [0.15, 0.2) is 0 Å². The van der Waals surface area contributed by atoms with Crippen molar-refractivity contribution in [3.8, 4) is 0 Å². The van der Waals surface area contributed by atoms with Gasteiger partial charge in [-0.15, -0.1) is 0 Å². The van der Waals surface area contributed by atoms with E-state index in [2.05, 4.69) is 17.9 Å². The standard InChI is InChI=1S/C5H9NOS/c7-5-3-4(8)1-2-6-5/h4,8H,1-3H2,(H,6,7). The number of nitrogens with one attached hydrogen (secondary N) is 1. The number of thiol groups is 1. The van der Waals surface area contributed by atoms with Crippen LogP contribution in [0.25, 0.3) is 0 Å². The van der Waals surface area contributed by atoms with E-state index in [0.717, 1.165) is 13.0 Å². The Hall–Kier alpha value is -0.180. The van der Waals surface area contributed by atoms with E-state index in [1.165, 1.54) is 0 Å². The lowest BCUT2D eigenvalue weighted by Crippen LogP contribution is -2.33. The summed E-state index contributed by atoms with van der Waals surface area (Å²) in [7, 11) is 0. The quantitative estimate of drug-likeness (QED) is 0.452. The summed E-state index contributed by atoms with van der Waals surface area (Å²) in [6.45, 7) is 0.799. The van der Waals surface area contributed by atoms with Crippen molar-refractivity contribution < 1.29 is 4.79 Å². The third kappa shape index (κ3) is 1.40. The van der Waals surface area contributed by atoms with Crippen molar-refractivity contribution in [2.45, 2.75) is 18.1 Å². The highest BCUT2D eigenvalue weighted by Crippen LogP contribution is 2.08. The molecule has 1 atom stereocenters. The Labute approximate surface area is 54.1 Å². The van der Waals surface area contributed by atoms with Crippen LogP contribution in [0, 0.1) is 0 Å². The summed E-state index contributed by atoms with van der Waals surface area (Å²) < 4.78 is 0. The van der Waals surface area contributed by atoms with Crippen molar-refractivity contribution >= 4 is 18.5 Å². The van der Waals surface area contributed by atoms with Gasteiger partial charge in [-0.3, -0.25) is 4.79 Å². The number of rotatable bonds is 0. The third-order valence-electron chi connectivity index (χ3n) is 1.22. The van der Waals surface area contributed by atoms with Gasteiger partial charge < -0.3 is 5.32 Å². The fraction of sp³-hybridized carbons (Fsp3) is 0.800. The van der Waals surface area contributed by atoms with Gasteiger partial charge in [-0.05, 0) is 6.42 Å². The molecule has 1 aliphatic rings. The molecule has 46 valence electrons. The van der Waals surface area contributed by atoms with Crippen LogP contribution in [0.3, 0.4) is 0 Å². The second-order valence-corrected chi connectivity index (χ2v) is 2.73. The van der Waals surface area contributed by atoms with Gasteiger partial charge in [0.2, 0.25) is 5.91 Å². The van der Waals surface area contributed by atoms with E-state index in [-0.39, 0.29) is 5.91 Å². The van der Waals surface area contributed by atoms with Crippen LogP contribution in [0.4, 0.5) is 0 Å². The number of piperidine rings is 1. The fourth-order valence-corrected chi connectivity index (χ4v) is 1.06. The molecule has 0 aliphatic carbocycles. The fourth-order valence-electron chi connectivity index (χ4n) is 0.766. The lowest BCUT2D eigenvalue weighted by atomic mass is 10.1. The molecule has 1 aliphatic heterocycles. The maximum Gasteiger partial charge on any atom is 0.221 e. The molecular formula is C5H9NOS. The highest BCUT2D eigenvalue weighted by molar-refractivity contribution is 7.81. The Morgan fingerprint density at radius 1 is 1.75 bits per heavy atom. The van der Waals surface area contributed by atoms with E-state index < -0.39 is 0 Å². The second-order valence-electron chi connectivity index (χ2n) is 2.00. The van der Waals surface area contributed by atoms with Gasteiger partial charge in [-0.25, -0.2) is 0 Å². The van der Waals surface area contributed by atoms with Crippen LogP contribution in [0.15, 0.2) is 0 Å². The maximum atomic E-state index is 10.5. The van der Waals surface area contributed by atoms with E-state index >= 15 is 0 Å². The predicted octanol–water partition coefficient (Wildman–Crippen LogP) is 0.195. The first-order valence-electron chi connectivity index (χ1n) is 2.74. The number of carbonyl (C=O) groups excluding carboxylic acids is 1. The van der Waals surface area contributed by atoms with Crippen molar-refractivity contribution in [2.24, 2.45) is 0 Å². The lowest BCUT2D eigenvalue weighted by Gasteiger charge is -2.16. The van der Waals surface area contributed by atoms with Gasteiger partial charge in [-0.1, -0.05) is 0 Å². The molecule has 1 heterocycles. The smallest absolute Gasteiger partial charge is 0.221 e. The van der Waals surface area contributed by atoms with Gasteiger partial charge in [-0.2, -0.15) is 12.6 Å². The van der Waals surface area contributed by atoms with Crippen molar-refractivity contribution in [1.29, 1.82) is 0 Å². The number of hydrogen-bond acceptors (Lipinski definition) is 2. The summed E-state index contributed by atoms with van der Waals surface area (Å²) in [6, 6.07) is 0. The molecule has 1 amide bonds. The van der Waals surface area contributed by atoms with Crippen LogP contribution in [0.2, 0.25) is 0 Å². The summed E-state index contributed by atoms with van der Waals surface area (Å²) in [4.78, 5) is 10.5. The molecule has 0 aromatic rings. The highest BCUT2D eigenvalue weighted by atomic mass is 32.1. The van der Waals surface area contributed by atoms with E-state index in [4.69, 9.17) is 0 Å². The first-order valence-corrected chi connectivity index (χ1v) is 3.25. The molecular weight excluding hydrogens is 122 g/mol. The highest BCUT2D eigenvalue weighted by Gasteiger charge is 2.13. The van der Waals surface area contributed by atoms with Gasteiger partial charge in [0, 0.05) is 18.2 Å². The SMILES string of the molecule is O=C1CC(S)CCN1. The molecule has 1 saturated heterocycles. The Kier molecular flexibility index (Phi) is 1.78. The van der Waals surface area contributed by atoms with Crippen LogP contribution in [-0.2, 0) is 4.79 Å². The zero-order valence-corrected chi connectivity index (χ0v) is 5.45. The van der Waals surface area contributed by atoms with Crippen LogP contribution >= 0.6 is 12.6 Å². The Morgan fingerprint density at radius 2 is 2.50 bits per heavy atom. The molecule has 0 saturated carbocycles. The Balaban J connectivity index is 2.34. The Morgan fingerprint density at radius 3 is 2.88 bits per heavy atom. The topological polar surface area (TPSA) is 29.1 Å². The molecule has 0 spiro atoms. The normalized spacial score (nSPS) is 29.6. The Bertz CT molecular complexity index is 105. The molecule has 1 fully saturated rings. The summed E-state index contributed by atoms with van der Waals surface area (Å²) >= 11 is 4.16. The van der Waals surface area contributed by atoms with Gasteiger partial charge in [0.25, 0.3) is 0 Å². The minimum atomic E-state index is 0.135. The van der Waals surface area contributed by atoms with Crippen molar-refractivity contribution in [1.82, 2.24) is 5.32 Å². The lowest BCUT2D eigenvalue weighted by molar-refractivity contribution is -0.121. The zero-order chi connectivity index (χ0) is 5.98. The van der Waals surface area contributed by atoms with Crippen LogP contribution in [0.5, 0.6) is 0 Å². The van der Waals surface area contributed by atoms with Gasteiger partial charge >= 0.3 is 0 Å². The molecule has 0 bridgehead atoms. The average molecular weight is 131 g/mol. The molecule has 8 heavy (non-hydrogen) atoms. The van der Waals surface area contributed by atoms with Gasteiger partial charge in [0.1, 0.15) is 0 Å². The molecule has 1 unspecified atom stereocenters.